The van der Waals surface area contributed by atoms with E-state index >= 15 is 0 Å². The average molecular weight is 1070 g/mol. The van der Waals surface area contributed by atoms with Crippen molar-refractivity contribution in [3.05, 3.63) is 100 Å². The minimum absolute atomic E-state index is 0.0260. The molecule has 0 radical (unpaired) electrons. The first kappa shape index (κ1) is 55.2. The molecule has 24 heteroatoms. The van der Waals surface area contributed by atoms with Crippen LogP contribution in [0.3, 0.4) is 0 Å². The van der Waals surface area contributed by atoms with Gasteiger partial charge in [-0.05, 0) is 111 Å². The summed E-state index contributed by atoms with van der Waals surface area (Å²) in [6, 6.07) is 11.6. The van der Waals surface area contributed by atoms with Crippen molar-refractivity contribution in [2.24, 2.45) is 11.5 Å². The monoisotopic (exact) mass is 1070 g/mol. The zero-order valence-electron chi connectivity index (χ0n) is 45.3. The van der Waals surface area contributed by atoms with E-state index in [-0.39, 0.29) is 68.7 Å². The van der Waals surface area contributed by atoms with Crippen molar-refractivity contribution in [3.8, 4) is 23.0 Å². The smallest absolute Gasteiger partial charge is 0.407 e. The standard InChI is InChI=1S/C54H65N15O9/c1-10-67-39(23-31(4)62-67)48-58-30-37-36-26-34(46(55)70)28-42(75-20-15-17-57-53(74)78-54(7,8)9)44(36)65(49(37)60-48)18-13-14-19-66-45-38(59-52(66)61-50(72)40-24-32(5)63-68(40)11-2)27-35(47(56)71)29-43(45)76-21-16-22-77-51(73)41-25-33(6)64-69(41)12-3/h13-14,23-30H,10-12,15-22H2,1-9H3,(H2,55,70)(H2,56,71)(H,57,74)(H,59,61,72). The number of hydrogen-bond acceptors (Lipinski definition) is 15. The molecular formula is C54H65N15O9. The number of rotatable bonds is 23. The third-order valence-electron chi connectivity index (χ3n) is 12.3. The first-order valence-electron chi connectivity index (χ1n) is 25.7. The van der Waals surface area contributed by atoms with Gasteiger partial charge in [-0.15, -0.1) is 0 Å². The van der Waals surface area contributed by atoms with Gasteiger partial charge >= 0.3 is 12.1 Å². The van der Waals surface area contributed by atoms with Gasteiger partial charge in [-0.2, -0.15) is 15.3 Å². The molecule has 8 rings (SSSR count). The molecular weight excluding hydrogens is 1000 g/mol. The summed E-state index contributed by atoms with van der Waals surface area (Å²) < 4.78 is 32.4. The molecule has 24 nitrogen and oxygen atoms in total. The number of carbonyl (C=O) groups excluding carboxylic acids is 5. The Kier molecular flexibility index (Phi) is 16.6. The van der Waals surface area contributed by atoms with E-state index in [1.807, 2.05) is 55.2 Å². The first-order chi connectivity index (χ1) is 37.3. The lowest BCUT2D eigenvalue weighted by atomic mass is 10.1. The number of aromatic nitrogens is 11. The van der Waals surface area contributed by atoms with Crippen molar-refractivity contribution >= 4 is 68.7 Å². The van der Waals surface area contributed by atoms with Gasteiger partial charge in [0.1, 0.15) is 45.3 Å². The largest absolute Gasteiger partial charge is 0.491 e. The number of primary amides is 2. The minimum Gasteiger partial charge on any atom is -0.491 e. The summed E-state index contributed by atoms with van der Waals surface area (Å²) >= 11 is 0. The van der Waals surface area contributed by atoms with E-state index in [1.54, 1.807) is 79.0 Å². The maximum Gasteiger partial charge on any atom is 0.407 e. The van der Waals surface area contributed by atoms with Crippen LogP contribution >= 0.6 is 0 Å². The van der Waals surface area contributed by atoms with Crippen molar-refractivity contribution in [1.82, 2.24) is 58.7 Å². The Morgan fingerprint density at radius 3 is 1.91 bits per heavy atom. The van der Waals surface area contributed by atoms with Crippen LogP contribution in [0.5, 0.6) is 11.5 Å². The number of anilines is 1. The zero-order valence-corrected chi connectivity index (χ0v) is 45.3. The number of imidazole rings is 1. The molecule has 6 heterocycles. The van der Waals surface area contributed by atoms with Crippen LogP contribution in [0, 0.1) is 20.8 Å². The lowest BCUT2D eigenvalue weighted by molar-refractivity contribution is 0.0469. The van der Waals surface area contributed by atoms with Crippen molar-refractivity contribution < 1.29 is 42.9 Å². The number of benzene rings is 2. The normalized spacial score (nSPS) is 11.8. The molecule has 0 unspecified atom stereocenters. The number of hydrogen-bond donors (Lipinski definition) is 4. The summed E-state index contributed by atoms with van der Waals surface area (Å²) in [6.45, 7) is 18.9. The zero-order chi connectivity index (χ0) is 56.0. The Balaban J connectivity index is 1.16. The molecule has 0 spiro atoms. The molecule has 0 fully saturated rings. The van der Waals surface area contributed by atoms with E-state index in [2.05, 4.69) is 25.9 Å². The van der Waals surface area contributed by atoms with Crippen molar-refractivity contribution in [2.45, 2.75) is 113 Å². The lowest BCUT2D eigenvalue weighted by Crippen LogP contribution is -2.33. The molecule has 0 saturated carbocycles. The summed E-state index contributed by atoms with van der Waals surface area (Å²) in [6.07, 6.45) is 5.61. The minimum atomic E-state index is -0.725. The number of nitrogens with one attached hydrogen (secondary N) is 2. The highest BCUT2D eigenvalue weighted by atomic mass is 16.6. The number of nitrogens with zero attached hydrogens (tertiary/aromatic N) is 11. The highest BCUT2D eigenvalue weighted by Gasteiger charge is 2.25. The van der Waals surface area contributed by atoms with Gasteiger partial charge in [0, 0.05) is 73.8 Å². The van der Waals surface area contributed by atoms with Gasteiger partial charge in [0.2, 0.25) is 17.8 Å². The molecule has 78 heavy (non-hydrogen) atoms. The number of alkyl carbamates (subject to hydrolysis) is 1. The van der Waals surface area contributed by atoms with Crippen molar-refractivity contribution in [2.75, 3.05) is 31.7 Å². The average Bonchev–Trinajstić information content (AvgIpc) is 4.37. The molecule has 0 saturated heterocycles. The SMILES string of the molecule is CCn1nc(C)cc1C(=O)Nc1nc2cc(C(N)=O)cc(OCCCOC(=O)c3cc(C)nn3CC)c2n1CC=CCn1c2nc(-c3cc(C)nn3CC)ncc2c2cc(C(N)=O)cc(OCCCNC(=O)OC(C)(C)C)c21. The summed E-state index contributed by atoms with van der Waals surface area (Å²) in [5, 5.41) is 20.4. The second-order valence-electron chi connectivity index (χ2n) is 19.4. The van der Waals surface area contributed by atoms with E-state index in [4.69, 9.17) is 45.4 Å². The fourth-order valence-electron chi connectivity index (χ4n) is 8.93. The molecule has 4 amide bonds. The van der Waals surface area contributed by atoms with Gasteiger partial charge in [0.05, 0.1) is 47.9 Å². The summed E-state index contributed by atoms with van der Waals surface area (Å²) in [5.74, 6) is -1.23. The third kappa shape index (κ3) is 12.3. The molecule has 6 N–H and O–H groups in total. The Bertz CT molecular complexity index is 3610. The second-order valence-corrected chi connectivity index (χ2v) is 19.4. The fourth-order valence-corrected chi connectivity index (χ4v) is 8.93. The Labute approximate surface area is 449 Å². The highest BCUT2D eigenvalue weighted by molar-refractivity contribution is 6.12. The maximum absolute atomic E-state index is 14.1. The topological polar surface area (TPSA) is 300 Å². The van der Waals surface area contributed by atoms with Crippen LogP contribution in [0.4, 0.5) is 10.7 Å². The van der Waals surface area contributed by atoms with Crippen molar-refractivity contribution in [1.29, 1.82) is 0 Å². The number of amides is 4. The molecule has 0 aliphatic heterocycles. The fraction of sp³-hybridized carbons (Fsp3) is 0.389. The van der Waals surface area contributed by atoms with Gasteiger partial charge < -0.3 is 44.9 Å². The molecule has 410 valence electrons. The summed E-state index contributed by atoms with van der Waals surface area (Å²) in [7, 11) is 0. The predicted molar refractivity (Wildman–Crippen MR) is 291 cm³/mol. The van der Waals surface area contributed by atoms with Crippen LogP contribution in [0.15, 0.2) is 60.8 Å². The molecule has 0 aliphatic rings. The maximum atomic E-state index is 14.1. The van der Waals surface area contributed by atoms with Gasteiger partial charge in [-0.1, -0.05) is 12.2 Å². The number of allylic oxidation sites excluding steroid dienone is 2. The van der Waals surface area contributed by atoms with Crippen LogP contribution in [0.25, 0.3) is 44.5 Å². The number of aryl methyl sites for hydroxylation is 6. The molecule has 2 aromatic carbocycles. The van der Waals surface area contributed by atoms with E-state index in [0.29, 0.717) is 99.1 Å². The molecule has 0 atom stereocenters. The van der Waals surface area contributed by atoms with Gasteiger partial charge in [-0.3, -0.25) is 33.7 Å². The van der Waals surface area contributed by atoms with Gasteiger partial charge in [0.15, 0.2) is 5.82 Å². The molecule has 0 bridgehead atoms. The summed E-state index contributed by atoms with van der Waals surface area (Å²) in [4.78, 5) is 79.7. The quantitative estimate of drug-likeness (QED) is 0.0291. The van der Waals surface area contributed by atoms with Gasteiger partial charge in [-0.25, -0.2) is 24.5 Å². The highest BCUT2D eigenvalue weighted by Crippen LogP contribution is 2.37. The number of ether oxygens (including phenoxy) is 4. The first-order valence-corrected chi connectivity index (χ1v) is 25.7. The lowest BCUT2D eigenvalue weighted by Gasteiger charge is -2.19. The van der Waals surface area contributed by atoms with Crippen LogP contribution in [-0.4, -0.2) is 115 Å². The van der Waals surface area contributed by atoms with E-state index in [1.165, 1.54) is 12.1 Å². The summed E-state index contributed by atoms with van der Waals surface area (Å²) in [5.41, 5.74) is 16.8. The van der Waals surface area contributed by atoms with E-state index in [9.17, 15) is 24.0 Å². The number of carbonyl (C=O) groups is 5. The van der Waals surface area contributed by atoms with Crippen LogP contribution < -0.4 is 31.6 Å². The number of esters is 1. The van der Waals surface area contributed by atoms with Crippen LogP contribution in [0.2, 0.25) is 0 Å². The molecule has 0 aliphatic carbocycles. The van der Waals surface area contributed by atoms with Crippen LogP contribution in [0.1, 0.15) is 113 Å². The van der Waals surface area contributed by atoms with Crippen molar-refractivity contribution in [3.63, 3.8) is 0 Å². The predicted octanol–water partition coefficient (Wildman–Crippen LogP) is 6.80. The Morgan fingerprint density at radius 1 is 0.667 bits per heavy atom. The van der Waals surface area contributed by atoms with E-state index < -0.39 is 35.4 Å². The second kappa shape index (κ2) is 23.4. The molecule has 8 aromatic rings. The Hall–Kier alpha value is -9.09. The van der Waals surface area contributed by atoms with Crippen LogP contribution in [-0.2, 0) is 42.2 Å². The number of fused-ring (bicyclic) bond motifs is 4. The Morgan fingerprint density at radius 2 is 1.26 bits per heavy atom. The van der Waals surface area contributed by atoms with Gasteiger partial charge in [0.25, 0.3) is 5.91 Å². The molecule has 6 aromatic heterocycles. The number of nitrogens with two attached hydrogens (primary N) is 2. The third-order valence-corrected chi connectivity index (χ3v) is 12.3. The van der Waals surface area contributed by atoms with E-state index in [0.717, 1.165) is 5.69 Å².